The summed E-state index contributed by atoms with van der Waals surface area (Å²) < 4.78 is 5.05. The molecule has 1 amide bonds. The molecule has 8 heteroatoms. The third-order valence-electron chi connectivity index (χ3n) is 2.78. The third kappa shape index (κ3) is 4.58. The van der Waals surface area contributed by atoms with Crippen LogP contribution in [0.2, 0.25) is 15.1 Å². The number of esters is 1. The van der Waals surface area contributed by atoms with Crippen LogP contribution in [-0.4, -0.2) is 23.0 Å². The molecule has 0 spiro atoms. The van der Waals surface area contributed by atoms with Crippen LogP contribution in [0, 0.1) is 0 Å². The summed E-state index contributed by atoms with van der Waals surface area (Å²) in [5.74, 6) is -1.29. The Kier molecular flexibility index (Phi) is 5.82. The first-order valence-corrected chi connectivity index (χ1v) is 7.59. The Labute approximate surface area is 147 Å². The number of amides is 1. The summed E-state index contributed by atoms with van der Waals surface area (Å²) in [4.78, 5) is 27.8. The maximum absolute atomic E-state index is 12.1. The number of hydrogen-bond acceptors (Lipinski definition) is 4. The van der Waals surface area contributed by atoms with Crippen LogP contribution in [0.15, 0.2) is 36.5 Å². The molecular formula is C15H11Cl3N2O3. The summed E-state index contributed by atoms with van der Waals surface area (Å²) in [6, 6.07) is 7.67. The highest BCUT2D eigenvalue weighted by Crippen LogP contribution is 2.33. The standard InChI is InChI=1S/C15H11Cl3N2O3/c1-8(23-15(22)12-4-2-3-5-19-12)14(21)20-13-10(17)6-9(16)7-11(13)18/h2-8H,1H3,(H,20,21)/t8-/m1/s1. The molecule has 1 heterocycles. The van der Waals surface area contributed by atoms with Gasteiger partial charge in [0.25, 0.3) is 5.91 Å². The van der Waals surface area contributed by atoms with Crippen LogP contribution in [0.4, 0.5) is 5.69 Å². The Morgan fingerprint density at radius 3 is 2.39 bits per heavy atom. The lowest BCUT2D eigenvalue weighted by Gasteiger charge is -2.15. The van der Waals surface area contributed by atoms with E-state index in [0.29, 0.717) is 5.02 Å². The number of aromatic nitrogens is 1. The minimum absolute atomic E-state index is 0.106. The lowest BCUT2D eigenvalue weighted by Crippen LogP contribution is -2.30. The SMILES string of the molecule is C[C@@H](OC(=O)c1ccccn1)C(=O)Nc1c(Cl)cc(Cl)cc1Cl. The van der Waals surface area contributed by atoms with E-state index in [1.54, 1.807) is 12.1 Å². The van der Waals surface area contributed by atoms with Gasteiger partial charge in [-0.15, -0.1) is 0 Å². The Hall–Kier alpha value is -1.82. The predicted octanol–water partition coefficient (Wildman–Crippen LogP) is 4.23. The van der Waals surface area contributed by atoms with Crippen molar-refractivity contribution < 1.29 is 14.3 Å². The molecule has 1 N–H and O–H groups in total. The van der Waals surface area contributed by atoms with Crippen molar-refractivity contribution in [2.45, 2.75) is 13.0 Å². The van der Waals surface area contributed by atoms with Gasteiger partial charge in [0.1, 0.15) is 5.69 Å². The van der Waals surface area contributed by atoms with Gasteiger partial charge in [0.2, 0.25) is 0 Å². The highest BCUT2D eigenvalue weighted by molar-refractivity contribution is 6.42. The first-order valence-electron chi connectivity index (χ1n) is 6.46. The second kappa shape index (κ2) is 7.64. The van der Waals surface area contributed by atoms with Crippen molar-refractivity contribution in [1.29, 1.82) is 0 Å². The third-order valence-corrected chi connectivity index (χ3v) is 3.60. The zero-order chi connectivity index (χ0) is 17.0. The lowest BCUT2D eigenvalue weighted by atomic mass is 10.3. The summed E-state index contributed by atoms with van der Waals surface area (Å²) in [5.41, 5.74) is 0.304. The van der Waals surface area contributed by atoms with Gasteiger partial charge in [0, 0.05) is 11.2 Å². The maximum atomic E-state index is 12.1. The van der Waals surface area contributed by atoms with Crippen LogP contribution >= 0.6 is 34.8 Å². The van der Waals surface area contributed by atoms with E-state index in [-0.39, 0.29) is 21.4 Å². The van der Waals surface area contributed by atoms with Crippen molar-refractivity contribution in [1.82, 2.24) is 4.98 Å². The fraction of sp³-hybridized carbons (Fsp3) is 0.133. The van der Waals surface area contributed by atoms with Crippen molar-refractivity contribution in [3.63, 3.8) is 0 Å². The predicted molar refractivity (Wildman–Crippen MR) is 89.2 cm³/mol. The van der Waals surface area contributed by atoms with Gasteiger partial charge in [-0.2, -0.15) is 0 Å². The normalized spacial score (nSPS) is 11.7. The molecule has 0 fully saturated rings. The smallest absolute Gasteiger partial charge is 0.357 e. The van der Waals surface area contributed by atoms with Crippen LogP contribution in [0.5, 0.6) is 0 Å². The number of halogens is 3. The van der Waals surface area contributed by atoms with Crippen LogP contribution in [-0.2, 0) is 9.53 Å². The van der Waals surface area contributed by atoms with Crippen LogP contribution in [0.1, 0.15) is 17.4 Å². The Morgan fingerprint density at radius 2 is 1.83 bits per heavy atom. The Bertz CT molecular complexity index is 715. The summed E-state index contributed by atoms with van der Waals surface area (Å²) >= 11 is 17.8. The fourth-order valence-electron chi connectivity index (χ4n) is 1.64. The molecule has 23 heavy (non-hydrogen) atoms. The van der Waals surface area contributed by atoms with Gasteiger partial charge in [-0.1, -0.05) is 40.9 Å². The highest BCUT2D eigenvalue weighted by atomic mass is 35.5. The summed E-state index contributed by atoms with van der Waals surface area (Å²) in [7, 11) is 0. The largest absolute Gasteiger partial charge is 0.448 e. The highest BCUT2D eigenvalue weighted by Gasteiger charge is 2.21. The average molecular weight is 374 g/mol. The number of anilines is 1. The molecular weight excluding hydrogens is 363 g/mol. The van der Waals surface area contributed by atoms with Crippen molar-refractivity contribution in [2.24, 2.45) is 0 Å². The van der Waals surface area contributed by atoms with Crippen molar-refractivity contribution in [3.05, 3.63) is 57.3 Å². The molecule has 1 aromatic carbocycles. The van der Waals surface area contributed by atoms with Gasteiger partial charge in [-0.3, -0.25) is 4.79 Å². The molecule has 2 aromatic rings. The summed E-state index contributed by atoms with van der Waals surface area (Å²) in [6.07, 6.45) is 0.390. The molecule has 0 unspecified atom stereocenters. The Balaban J connectivity index is 2.05. The first kappa shape index (κ1) is 17.5. The van der Waals surface area contributed by atoms with Gasteiger partial charge in [0.15, 0.2) is 6.10 Å². The molecule has 1 atom stereocenters. The number of rotatable bonds is 4. The molecule has 120 valence electrons. The summed E-state index contributed by atoms with van der Waals surface area (Å²) in [6.45, 7) is 1.42. The zero-order valence-electron chi connectivity index (χ0n) is 11.8. The van der Waals surface area contributed by atoms with Gasteiger partial charge in [0.05, 0.1) is 15.7 Å². The number of nitrogens with one attached hydrogen (secondary N) is 1. The van der Waals surface area contributed by atoms with E-state index in [0.717, 1.165) is 0 Å². The zero-order valence-corrected chi connectivity index (χ0v) is 14.1. The molecule has 0 aliphatic carbocycles. The quantitative estimate of drug-likeness (QED) is 0.815. The van der Waals surface area contributed by atoms with Gasteiger partial charge in [-0.05, 0) is 31.2 Å². The average Bonchev–Trinajstić information content (AvgIpc) is 2.51. The number of carbonyl (C=O) groups is 2. The maximum Gasteiger partial charge on any atom is 0.357 e. The van der Waals surface area contributed by atoms with Crippen molar-refractivity contribution in [2.75, 3.05) is 5.32 Å². The van der Waals surface area contributed by atoms with Crippen LogP contribution < -0.4 is 5.32 Å². The van der Waals surface area contributed by atoms with E-state index in [2.05, 4.69) is 10.3 Å². The summed E-state index contributed by atoms with van der Waals surface area (Å²) in [5, 5.41) is 3.20. The van der Waals surface area contributed by atoms with Gasteiger partial charge >= 0.3 is 5.97 Å². The number of nitrogens with zero attached hydrogens (tertiary/aromatic N) is 1. The van der Waals surface area contributed by atoms with Gasteiger partial charge in [-0.25, -0.2) is 9.78 Å². The number of carbonyl (C=O) groups excluding carboxylic acids is 2. The molecule has 5 nitrogen and oxygen atoms in total. The molecule has 0 radical (unpaired) electrons. The van der Waals surface area contributed by atoms with E-state index in [4.69, 9.17) is 39.5 Å². The van der Waals surface area contributed by atoms with E-state index >= 15 is 0 Å². The number of benzene rings is 1. The molecule has 0 saturated heterocycles. The lowest BCUT2D eigenvalue weighted by molar-refractivity contribution is -0.123. The van der Waals surface area contributed by atoms with Crippen LogP contribution in [0.25, 0.3) is 0 Å². The van der Waals surface area contributed by atoms with E-state index in [1.807, 2.05) is 0 Å². The van der Waals surface area contributed by atoms with E-state index < -0.39 is 18.0 Å². The second-order valence-corrected chi connectivity index (χ2v) is 5.75. The molecule has 2 rings (SSSR count). The van der Waals surface area contributed by atoms with E-state index in [1.165, 1.54) is 31.3 Å². The molecule has 0 aliphatic heterocycles. The Morgan fingerprint density at radius 1 is 1.17 bits per heavy atom. The van der Waals surface area contributed by atoms with E-state index in [9.17, 15) is 9.59 Å². The molecule has 0 bridgehead atoms. The topological polar surface area (TPSA) is 68.3 Å². The van der Waals surface area contributed by atoms with Gasteiger partial charge < -0.3 is 10.1 Å². The minimum Gasteiger partial charge on any atom is -0.448 e. The number of hydrogen-bond donors (Lipinski definition) is 1. The number of ether oxygens (including phenoxy) is 1. The minimum atomic E-state index is -1.06. The van der Waals surface area contributed by atoms with Crippen molar-refractivity contribution >= 4 is 52.4 Å². The molecule has 0 saturated carbocycles. The van der Waals surface area contributed by atoms with Crippen LogP contribution in [0.3, 0.4) is 0 Å². The number of pyridine rings is 1. The monoisotopic (exact) mass is 372 g/mol. The molecule has 1 aromatic heterocycles. The first-order chi connectivity index (χ1) is 10.9. The second-order valence-electron chi connectivity index (χ2n) is 4.50. The fourth-order valence-corrected chi connectivity index (χ4v) is 2.56. The van der Waals surface area contributed by atoms with Crippen molar-refractivity contribution in [3.8, 4) is 0 Å². The molecule has 0 aliphatic rings.